The number of alkyl halides is 1. The predicted molar refractivity (Wildman–Crippen MR) is 56.5 cm³/mol. The highest BCUT2D eigenvalue weighted by Gasteiger charge is 2.22. The van der Waals surface area contributed by atoms with Crippen LogP contribution in [0.1, 0.15) is 5.56 Å². The van der Waals surface area contributed by atoms with Crippen molar-refractivity contribution in [3.8, 4) is 0 Å². The molecule has 0 saturated heterocycles. The lowest BCUT2D eigenvalue weighted by molar-refractivity contribution is -0.384. The molecule has 0 unspecified atom stereocenters. The van der Waals surface area contributed by atoms with Crippen LogP contribution in [-0.4, -0.2) is 18.1 Å². The third-order valence-electron chi connectivity index (χ3n) is 1.85. The van der Waals surface area contributed by atoms with Crippen molar-refractivity contribution >= 4 is 27.5 Å². The second-order valence-corrected chi connectivity index (χ2v) is 5.32. The second kappa shape index (κ2) is 4.75. The Morgan fingerprint density at radius 1 is 1.38 bits per heavy atom. The molecular weight excluding hydrogens is 261 g/mol. The van der Waals surface area contributed by atoms with E-state index >= 15 is 0 Å². The summed E-state index contributed by atoms with van der Waals surface area (Å²) >= 11 is 5.30. The molecule has 0 spiro atoms. The average Bonchev–Trinajstić information content (AvgIpc) is 2.17. The maximum Gasteiger partial charge on any atom is 0.319 e. The molecule has 0 bridgehead atoms. The van der Waals surface area contributed by atoms with Crippen LogP contribution in [0.4, 0.5) is 9.57 Å². The first-order valence-corrected chi connectivity index (χ1v) is 6.00. The molecule has 5 nitrogen and oxygen atoms in total. The Hall–Kier alpha value is -1.21. The van der Waals surface area contributed by atoms with Gasteiger partial charge in [0.2, 0.25) is 0 Å². The van der Waals surface area contributed by atoms with Crippen molar-refractivity contribution in [2.45, 2.75) is 11.1 Å². The molecule has 0 radical (unpaired) electrons. The number of hydrogen-bond donors (Lipinski definition) is 0. The summed E-state index contributed by atoms with van der Waals surface area (Å²) in [6, 6.07) is 5.06. The van der Waals surface area contributed by atoms with Crippen LogP contribution in [0.15, 0.2) is 24.3 Å². The zero-order chi connectivity index (χ0) is 12.3. The molecular formula is C8H7ClFNO4S. The number of nitrogens with zero attached hydrogens (tertiary/aromatic N) is 1. The minimum absolute atomic E-state index is 0.127. The van der Waals surface area contributed by atoms with Gasteiger partial charge in [-0.1, -0.05) is 12.1 Å². The fourth-order valence-electron chi connectivity index (χ4n) is 1.04. The van der Waals surface area contributed by atoms with E-state index < -0.39 is 19.9 Å². The fraction of sp³-hybridized carbons (Fsp3) is 0.250. The summed E-state index contributed by atoms with van der Waals surface area (Å²) in [5, 5.41) is 10.3. The molecule has 0 amide bonds. The standard InChI is InChI=1S/C8H7ClFNO4S/c9-8(16(10,14)15)5-6-1-3-7(4-2-6)11(12)13/h1-4,8H,5H2/t8-/m0/s1. The lowest BCUT2D eigenvalue weighted by Gasteiger charge is -2.04. The van der Waals surface area contributed by atoms with Crippen molar-refractivity contribution < 1.29 is 17.2 Å². The molecule has 0 N–H and O–H groups in total. The average molecular weight is 268 g/mol. The topological polar surface area (TPSA) is 77.3 Å². The van der Waals surface area contributed by atoms with Crippen LogP contribution >= 0.6 is 11.6 Å². The van der Waals surface area contributed by atoms with Gasteiger partial charge in [0.15, 0.2) is 4.71 Å². The summed E-state index contributed by atoms with van der Waals surface area (Å²) in [5.41, 5.74) is 0.282. The van der Waals surface area contributed by atoms with E-state index in [0.717, 1.165) is 0 Å². The molecule has 0 aliphatic heterocycles. The molecule has 1 rings (SSSR count). The number of rotatable bonds is 4. The first-order chi connectivity index (χ1) is 7.30. The van der Waals surface area contributed by atoms with Crippen LogP contribution in [-0.2, 0) is 16.6 Å². The molecule has 16 heavy (non-hydrogen) atoms. The number of halogens is 2. The van der Waals surface area contributed by atoms with Gasteiger partial charge in [-0.05, 0) is 5.56 Å². The highest BCUT2D eigenvalue weighted by Crippen LogP contribution is 2.18. The zero-order valence-electron chi connectivity index (χ0n) is 7.84. The van der Waals surface area contributed by atoms with Gasteiger partial charge in [-0.3, -0.25) is 10.1 Å². The van der Waals surface area contributed by atoms with Gasteiger partial charge in [0.05, 0.1) is 4.92 Å². The van der Waals surface area contributed by atoms with E-state index in [1.807, 2.05) is 0 Å². The van der Waals surface area contributed by atoms with Gasteiger partial charge >= 0.3 is 10.2 Å². The molecule has 0 aliphatic rings. The van der Waals surface area contributed by atoms with Crippen molar-refractivity contribution in [2.75, 3.05) is 0 Å². The monoisotopic (exact) mass is 267 g/mol. The third-order valence-corrected chi connectivity index (χ3v) is 3.42. The predicted octanol–water partition coefficient (Wildman–Crippen LogP) is 2.00. The minimum Gasteiger partial charge on any atom is -0.258 e. The molecule has 0 fully saturated rings. The molecule has 1 atom stereocenters. The Morgan fingerprint density at radius 2 is 1.88 bits per heavy atom. The highest BCUT2D eigenvalue weighted by molar-refractivity contribution is 7.88. The first kappa shape index (κ1) is 12.9. The van der Waals surface area contributed by atoms with Crippen molar-refractivity contribution in [2.24, 2.45) is 0 Å². The number of nitro benzene ring substituents is 1. The van der Waals surface area contributed by atoms with Crippen LogP contribution in [0, 0.1) is 10.1 Å². The van der Waals surface area contributed by atoms with Crippen molar-refractivity contribution in [1.82, 2.24) is 0 Å². The maximum absolute atomic E-state index is 12.4. The Bertz CT molecular complexity index is 487. The molecule has 1 aromatic rings. The van der Waals surface area contributed by atoms with Crippen molar-refractivity contribution in [3.63, 3.8) is 0 Å². The first-order valence-electron chi connectivity index (χ1n) is 4.11. The summed E-state index contributed by atoms with van der Waals surface area (Å²) in [5.74, 6) is 0. The van der Waals surface area contributed by atoms with Crippen LogP contribution in [0.5, 0.6) is 0 Å². The highest BCUT2D eigenvalue weighted by atomic mass is 35.5. The SMILES string of the molecule is O=[N+]([O-])c1ccc(C[C@@H](Cl)S(=O)(=O)F)cc1. The number of benzene rings is 1. The second-order valence-electron chi connectivity index (χ2n) is 3.01. The smallest absolute Gasteiger partial charge is 0.258 e. The van der Waals surface area contributed by atoms with Gasteiger partial charge in [0.1, 0.15) is 0 Å². The Morgan fingerprint density at radius 3 is 2.25 bits per heavy atom. The summed E-state index contributed by atoms with van der Waals surface area (Å²) in [4.78, 5) is 9.73. The molecule has 0 heterocycles. The summed E-state index contributed by atoms with van der Waals surface area (Å²) in [6.45, 7) is 0. The normalized spacial score (nSPS) is 13.4. The third kappa shape index (κ3) is 3.42. The number of nitro groups is 1. The van der Waals surface area contributed by atoms with E-state index in [4.69, 9.17) is 11.6 Å². The van der Waals surface area contributed by atoms with Crippen LogP contribution in [0.2, 0.25) is 0 Å². The maximum atomic E-state index is 12.4. The van der Waals surface area contributed by atoms with Gasteiger partial charge in [-0.2, -0.15) is 8.42 Å². The zero-order valence-corrected chi connectivity index (χ0v) is 9.41. The minimum atomic E-state index is -4.80. The Balaban J connectivity index is 2.81. The Kier molecular flexibility index (Phi) is 3.82. The molecule has 0 aliphatic carbocycles. The van der Waals surface area contributed by atoms with Gasteiger partial charge in [-0.25, -0.2) is 0 Å². The largest absolute Gasteiger partial charge is 0.319 e. The van der Waals surface area contributed by atoms with E-state index in [1.165, 1.54) is 24.3 Å². The van der Waals surface area contributed by atoms with Gasteiger partial charge in [0, 0.05) is 18.6 Å². The van der Waals surface area contributed by atoms with Crippen molar-refractivity contribution in [3.05, 3.63) is 39.9 Å². The quantitative estimate of drug-likeness (QED) is 0.362. The van der Waals surface area contributed by atoms with Crippen LogP contribution in [0.25, 0.3) is 0 Å². The fourth-order valence-corrected chi connectivity index (χ4v) is 1.61. The van der Waals surface area contributed by atoms with E-state index in [1.54, 1.807) is 0 Å². The Labute approximate surface area is 96.2 Å². The number of hydrogen-bond acceptors (Lipinski definition) is 4. The van der Waals surface area contributed by atoms with E-state index in [9.17, 15) is 22.4 Å². The summed E-state index contributed by atoms with van der Waals surface area (Å²) < 4.78 is 31.5. The van der Waals surface area contributed by atoms with E-state index in [0.29, 0.717) is 5.56 Å². The summed E-state index contributed by atoms with van der Waals surface area (Å²) in [7, 11) is -4.80. The molecule has 8 heteroatoms. The van der Waals surface area contributed by atoms with Crippen LogP contribution < -0.4 is 0 Å². The van der Waals surface area contributed by atoms with Gasteiger partial charge in [0.25, 0.3) is 5.69 Å². The summed E-state index contributed by atoms with van der Waals surface area (Å²) in [6.07, 6.45) is -0.238. The van der Waals surface area contributed by atoms with Crippen molar-refractivity contribution in [1.29, 1.82) is 0 Å². The number of non-ortho nitro benzene ring substituents is 1. The molecule has 1 aromatic carbocycles. The van der Waals surface area contributed by atoms with Gasteiger partial charge in [-0.15, -0.1) is 15.5 Å². The molecule has 0 aromatic heterocycles. The van der Waals surface area contributed by atoms with Gasteiger partial charge < -0.3 is 0 Å². The lowest BCUT2D eigenvalue weighted by atomic mass is 10.1. The van der Waals surface area contributed by atoms with E-state index in [2.05, 4.69) is 0 Å². The molecule has 88 valence electrons. The molecule has 0 saturated carbocycles. The van der Waals surface area contributed by atoms with Crippen LogP contribution in [0.3, 0.4) is 0 Å². The lowest BCUT2D eigenvalue weighted by Crippen LogP contribution is -2.12. The van der Waals surface area contributed by atoms with E-state index in [-0.39, 0.29) is 12.1 Å².